The highest BCUT2D eigenvalue weighted by molar-refractivity contribution is 5.95. The third-order valence-electron chi connectivity index (χ3n) is 3.85. The summed E-state index contributed by atoms with van der Waals surface area (Å²) in [6.07, 6.45) is -0.440. The molecule has 0 aliphatic heterocycles. The molecule has 0 unspecified atom stereocenters. The first-order chi connectivity index (χ1) is 11.8. The fourth-order valence-corrected chi connectivity index (χ4v) is 2.63. The number of carbonyl (C=O) groups excluding carboxylic acids is 1. The highest BCUT2D eigenvalue weighted by Gasteiger charge is 2.21. The minimum atomic E-state index is -0.440. The van der Waals surface area contributed by atoms with E-state index < -0.39 is 6.10 Å². The number of carbonyl (C=O) groups is 1. The second-order valence-electron chi connectivity index (χ2n) is 5.40. The van der Waals surface area contributed by atoms with Gasteiger partial charge in [0.1, 0.15) is 0 Å². The van der Waals surface area contributed by atoms with Gasteiger partial charge < -0.3 is 10.1 Å². The normalized spacial score (nSPS) is 10.4. The highest BCUT2D eigenvalue weighted by atomic mass is 16.5. The van der Waals surface area contributed by atoms with E-state index in [0.29, 0.717) is 5.56 Å². The minimum Gasteiger partial charge on any atom is -0.449 e. The molecule has 3 rings (SSSR count). The van der Waals surface area contributed by atoms with E-state index in [1.807, 2.05) is 78.9 Å². The van der Waals surface area contributed by atoms with E-state index in [1.54, 1.807) is 13.1 Å². The standard InChI is InChI=1S/C21H19NO2/c1-22-19-15-9-8-14-18(19)21(23)24-20(16-10-4-2-5-11-16)17-12-6-3-7-13-17/h2-15,20,22H,1H3. The zero-order valence-corrected chi connectivity index (χ0v) is 13.5. The smallest absolute Gasteiger partial charge is 0.341 e. The van der Waals surface area contributed by atoms with Crippen molar-refractivity contribution in [1.29, 1.82) is 0 Å². The SMILES string of the molecule is CNc1ccccc1C(=O)OC(c1ccccc1)c1ccccc1. The molecule has 0 spiro atoms. The highest BCUT2D eigenvalue weighted by Crippen LogP contribution is 2.28. The van der Waals surface area contributed by atoms with E-state index in [4.69, 9.17) is 4.74 Å². The molecule has 0 amide bonds. The second kappa shape index (κ2) is 7.47. The number of nitrogens with one attached hydrogen (secondary N) is 1. The van der Waals surface area contributed by atoms with E-state index in [0.717, 1.165) is 16.8 Å². The van der Waals surface area contributed by atoms with E-state index in [2.05, 4.69) is 5.32 Å². The number of anilines is 1. The van der Waals surface area contributed by atoms with Crippen LogP contribution in [0.3, 0.4) is 0 Å². The van der Waals surface area contributed by atoms with Crippen LogP contribution in [0.5, 0.6) is 0 Å². The number of hydrogen-bond donors (Lipinski definition) is 1. The third-order valence-corrected chi connectivity index (χ3v) is 3.85. The molecule has 0 fully saturated rings. The molecule has 0 aliphatic carbocycles. The maximum Gasteiger partial charge on any atom is 0.341 e. The van der Waals surface area contributed by atoms with Gasteiger partial charge in [-0.05, 0) is 23.3 Å². The molecule has 3 heteroatoms. The van der Waals surface area contributed by atoms with Crippen molar-refractivity contribution in [3.8, 4) is 0 Å². The van der Waals surface area contributed by atoms with Crippen molar-refractivity contribution in [2.45, 2.75) is 6.10 Å². The van der Waals surface area contributed by atoms with E-state index in [9.17, 15) is 4.79 Å². The molecule has 0 saturated heterocycles. The molecule has 0 aliphatic rings. The molecule has 24 heavy (non-hydrogen) atoms. The predicted molar refractivity (Wildman–Crippen MR) is 96.1 cm³/mol. The number of esters is 1. The quantitative estimate of drug-likeness (QED) is 0.695. The van der Waals surface area contributed by atoms with Gasteiger partial charge >= 0.3 is 5.97 Å². The van der Waals surface area contributed by atoms with Crippen LogP contribution in [-0.2, 0) is 4.74 Å². The van der Waals surface area contributed by atoms with Gasteiger partial charge in [-0.2, -0.15) is 0 Å². The maximum atomic E-state index is 12.7. The average Bonchev–Trinajstić information content (AvgIpc) is 2.67. The molecule has 3 aromatic carbocycles. The predicted octanol–water partition coefficient (Wildman–Crippen LogP) is 4.67. The van der Waals surface area contributed by atoms with Crippen LogP contribution >= 0.6 is 0 Å². The third kappa shape index (κ3) is 3.46. The zero-order chi connectivity index (χ0) is 16.8. The summed E-state index contributed by atoms with van der Waals surface area (Å²) in [4.78, 5) is 12.7. The Bertz CT molecular complexity index is 761. The van der Waals surface area contributed by atoms with E-state index >= 15 is 0 Å². The van der Waals surface area contributed by atoms with E-state index in [1.165, 1.54) is 0 Å². The lowest BCUT2D eigenvalue weighted by Crippen LogP contribution is -2.14. The molecule has 0 radical (unpaired) electrons. The Balaban J connectivity index is 1.94. The van der Waals surface area contributed by atoms with Gasteiger partial charge in [-0.25, -0.2) is 4.79 Å². The van der Waals surface area contributed by atoms with Crippen molar-refractivity contribution >= 4 is 11.7 Å². The first-order valence-corrected chi connectivity index (χ1v) is 7.87. The molecule has 3 nitrogen and oxygen atoms in total. The van der Waals surface area contributed by atoms with Gasteiger partial charge in [0.25, 0.3) is 0 Å². The fourth-order valence-electron chi connectivity index (χ4n) is 2.63. The summed E-state index contributed by atoms with van der Waals surface area (Å²) in [6.45, 7) is 0. The van der Waals surface area contributed by atoms with Gasteiger partial charge in [-0.15, -0.1) is 0 Å². The van der Waals surface area contributed by atoms with Gasteiger partial charge in [0.15, 0.2) is 6.10 Å². The molecular weight excluding hydrogens is 298 g/mol. The maximum absolute atomic E-state index is 12.7. The summed E-state index contributed by atoms with van der Waals surface area (Å²) in [5.41, 5.74) is 3.16. The van der Waals surface area contributed by atoms with Gasteiger partial charge in [0.05, 0.1) is 5.56 Å². The summed E-state index contributed by atoms with van der Waals surface area (Å²) in [5.74, 6) is -0.349. The topological polar surface area (TPSA) is 38.3 Å². The van der Waals surface area contributed by atoms with Crippen molar-refractivity contribution in [3.05, 3.63) is 102 Å². The molecule has 0 bridgehead atoms. The van der Waals surface area contributed by atoms with Crippen LogP contribution in [0.1, 0.15) is 27.6 Å². The summed E-state index contributed by atoms with van der Waals surface area (Å²) in [5, 5.41) is 3.03. The van der Waals surface area contributed by atoms with Crippen molar-refractivity contribution in [1.82, 2.24) is 0 Å². The molecule has 1 N–H and O–H groups in total. The largest absolute Gasteiger partial charge is 0.449 e. The van der Waals surface area contributed by atoms with Crippen LogP contribution in [0.4, 0.5) is 5.69 Å². The Hall–Kier alpha value is -3.07. The molecule has 0 atom stereocenters. The molecular formula is C21H19NO2. The van der Waals surface area contributed by atoms with Crippen LogP contribution in [0, 0.1) is 0 Å². The Morgan fingerprint density at radius 2 is 1.29 bits per heavy atom. The van der Waals surface area contributed by atoms with Crippen LogP contribution in [0.15, 0.2) is 84.9 Å². The van der Waals surface area contributed by atoms with Crippen molar-refractivity contribution in [2.75, 3.05) is 12.4 Å². The fraction of sp³-hybridized carbons (Fsp3) is 0.0952. The Kier molecular flexibility index (Phi) is 4.92. The van der Waals surface area contributed by atoms with Crippen LogP contribution in [0.2, 0.25) is 0 Å². The van der Waals surface area contributed by atoms with E-state index in [-0.39, 0.29) is 5.97 Å². The number of para-hydroxylation sites is 1. The monoisotopic (exact) mass is 317 g/mol. The van der Waals surface area contributed by atoms with Gasteiger partial charge in [0.2, 0.25) is 0 Å². The Morgan fingerprint density at radius 1 is 0.792 bits per heavy atom. The van der Waals surface area contributed by atoms with Gasteiger partial charge in [0, 0.05) is 12.7 Å². The Labute approximate surface area is 141 Å². The average molecular weight is 317 g/mol. The van der Waals surface area contributed by atoms with Crippen molar-refractivity contribution < 1.29 is 9.53 Å². The minimum absolute atomic E-state index is 0.349. The van der Waals surface area contributed by atoms with Gasteiger partial charge in [-0.1, -0.05) is 72.8 Å². The summed E-state index contributed by atoms with van der Waals surface area (Å²) >= 11 is 0. The first kappa shape index (κ1) is 15.8. The molecule has 0 heterocycles. The lowest BCUT2D eigenvalue weighted by molar-refractivity contribution is 0.0379. The summed E-state index contributed by atoms with van der Waals surface area (Å²) < 4.78 is 5.87. The van der Waals surface area contributed by atoms with Gasteiger partial charge in [-0.3, -0.25) is 0 Å². The zero-order valence-electron chi connectivity index (χ0n) is 13.5. The lowest BCUT2D eigenvalue weighted by atomic mass is 10.0. The first-order valence-electron chi connectivity index (χ1n) is 7.87. The van der Waals surface area contributed by atoms with Crippen molar-refractivity contribution in [3.63, 3.8) is 0 Å². The van der Waals surface area contributed by atoms with Crippen molar-refractivity contribution in [2.24, 2.45) is 0 Å². The van der Waals surface area contributed by atoms with Crippen LogP contribution in [0.25, 0.3) is 0 Å². The molecule has 0 saturated carbocycles. The number of ether oxygens (including phenoxy) is 1. The number of hydrogen-bond acceptors (Lipinski definition) is 3. The lowest BCUT2D eigenvalue weighted by Gasteiger charge is -2.19. The van der Waals surface area contributed by atoms with Crippen LogP contribution in [-0.4, -0.2) is 13.0 Å². The molecule has 120 valence electrons. The molecule has 3 aromatic rings. The number of benzene rings is 3. The summed E-state index contributed by atoms with van der Waals surface area (Å²) in [7, 11) is 1.79. The molecule has 0 aromatic heterocycles. The second-order valence-corrected chi connectivity index (χ2v) is 5.40. The van der Waals surface area contributed by atoms with Crippen LogP contribution < -0.4 is 5.32 Å². The number of rotatable bonds is 5. The Morgan fingerprint density at radius 3 is 1.83 bits per heavy atom. The summed E-state index contributed by atoms with van der Waals surface area (Å²) in [6, 6.07) is 26.9.